The monoisotopic (exact) mass is 474 g/mol. The van der Waals surface area contributed by atoms with E-state index in [0.717, 1.165) is 21.9 Å². The molecule has 0 amide bonds. The largest absolute Gasteiger partial charge is 0.506 e. The Labute approximate surface area is 199 Å². The SMILES string of the molecule is COc1ccc(-c2nc(-c3ccc(Cl)cc3)sc2-c2c(O)c3ccccc3n(C)c2=O)cc1. The maximum Gasteiger partial charge on any atom is 0.263 e. The van der Waals surface area contributed by atoms with Gasteiger partial charge < -0.3 is 14.4 Å². The van der Waals surface area contributed by atoms with Crippen molar-refractivity contribution in [3.8, 4) is 43.8 Å². The predicted molar refractivity (Wildman–Crippen MR) is 134 cm³/mol. The minimum Gasteiger partial charge on any atom is -0.506 e. The lowest BCUT2D eigenvalue weighted by Crippen LogP contribution is -2.19. The number of benzene rings is 3. The van der Waals surface area contributed by atoms with Crippen molar-refractivity contribution in [3.05, 3.63) is 88.2 Å². The smallest absolute Gasteiger partial charge is 0.263 e. The van der Waals surface area contributed by atoms with Crippen molar-refractivity contribution >= 4 is 33.8 Å². The number of hydrogen-bond acceptors (Lipinski definition) is 5. The highest BCUT2D eigenvalue weighted by molar-refractivity contribution is 7.19. The van der Waals surface area contributed by atoms with Crippen LogP contribution in [-0.4, -0.2) is 21.8 Å². The third kappa shape index (κ3) is 3.67. The summed E-state index contributed by atoms with van der Waals surface area (Å²) in [6.07, 6.45) is 0. The van der Waals surface area contributed by atoms with Gasteiger partial charge in [0.2, 0.25) is 0 Å². The van der Waals surface area contributed by atoms with Gasteiger partial charge in [0.1, 0.15) is 22.1 Å². The number of aromatic nitrogens is 2. The molecule has 0 aliphatic carbocycles. The zero-order chi connectivity index (χ0) is 23.1. The second-order valence-electron chi connectivity index (χ2n) is 7.54. The molecule has 1 N–H and O–H groups in total. The standard InChI is InChI=1S/C26H19ClN2O3S/c1-29-20-6-4-3-5-19(20)23(30)21(26(29)31)24-22(15-9-13-18(32-2)14-10-15)28-25(33-24)16-7-11-17(27)12-8-16/h3-14,30H,1-2H3. The molecule has 33 heavy (non-hydrogen) atoms. The van der Waals surface area contributed by atoms with Gasteiger partial charge in [-0.05, 0) is 48.5 Å². The number of nitrogens with zero attached hydrogens (tertiary/aromatic N) is 2. The highest BCUT2D eigenvalue weighted by Crippen LogP contribution is 2.44. The molecule has 0 spiro atoms. The summed E-state index contributed by atoms with van der Waals surface area (Å²) in [4.78, 5) is 18.9. The maximum atomic E-state index is 13.4. The molecule has 0 aliphatic rings. The molecular formula is C26H19ClN2O3S. The van der Waals surface area contributed by atoms with Crippen LogP contribution in [0.1, 0.15) is 0 Å². The molecule has 0 aliphatic heterocycles. The summed E-state index contributed by atoms with van der Waals surface area (Å²) in [6.45, 7) is 0. The first kappa shape index (κ1) is 21.2. The number of aryl methyl sites for hydroxylation is 1. The second kappa shape index (κ2) is 8.39. The molecule has 164 valence electrons. The summed E-state index contributed by atoms with van der Waals surface area (Å²) in [6, 6.07) is 22.2. The molecule has 0 fully saturated rings. The molecule has 0 unspecified atom stereocenters. The van der Waals surface area contributed by atoms with Gasteiger partial charge in [-0.2, -0.15) is 0 Å². The van der Waals surface area contributed by atoms with Crippen LogP contribution in [0.15, 0.2) is 77.6 Å². The van der Waals surface area contributed by atoms with E-state index in [1.165, 1.54) is 11.3 Å². The van der Waals surface area contributed by atoms with E-state index in [1.54, 1.807) is 30.9 Å². The first-order chi connectivity index (χ1) is 16.0. The third-order valence-electron chi connectivity index (χ3n) is 5.58. The Morgan fingerprint density at radius 3 is 2.33 bits per heavy atom. The van der Waals surface area contributed by atoms with Gasteiger partial charge >= 0.3 is 0 Å². The van der Waals surface area contributed by atoms with E-state index >= 15 is 0 Å². The fourth-order valence-corrected chi connectivity index (χ4v) is 5.09. The predicted octanol–water partition coefficient (Wildman–Crippen LogP) is 6.36. The number of para-hydroxylation sites is 1. The Morgan fingerprint density at radius 1 is 0.970 bits per heavy atom. The number of aromatic hydroxyl groups is 1. The first-order valence-electron chi connectivity index (χ1n) is 10.2. The van der Waals surface area contributed by atoms with Gasteiger partial charge in [-0.15, -0.1) is 11.3 Å². The van der Waals surface area contributed by atoms with E-state index < -0.39 is 0 Å². The van der Waals surface area contributed by atoms with E-state index in [-0.39, 0.29) is 16.9 Å². The molecule has 3 aromatic carbocycles. The van der Waals surface area contributed by atoms with Crippen LogP contribution in [0.5, 0.6) is 11.5 Å². The molecule has 2 aromatic heterocycles. The number of fused-ring (bicyclic) bond motifs is 1. The normalized spacial score (nSPS) is 11.1. The minimum atomic E-state index is -0.285. The van der Waals surface area contributed by atoms with Crippen molar-refractivity contribution in [2.24, 2.45) is 7.05 Å². The molecule has 2 heterocycles. The van der Waals surface area contributed by atoms with Crippen LogP contribution in [-0.2, 0) is 7.05 Å². The molecule has 0 saturated carbocycles. The van der Waals surface area contributed by atoms with Crippen LogP contribution >= 0.6 is 22.9 Å². The average Bonchev–Trinajstić information content (AvgIpc) is 3.28. The van der Waals surface area contributed by atoms with Crippen molar-refractivity contribution in [2.45, 2.75) is 0 Å². The third-order valence-corrected chi connectivity index (χ3v) is 6.96. The van der Waals surface area contributed by atoms with Crippen LogP contribution in [0.2, 0.25) is 5.02 Å². The lowest BCUT2D eigenvalue weighted by atomic mass is 10.0. The Bertz CT molecular complexity index is 1540. The fourth-order valence-electron chi connectivity index (χ4n) is 3.83. The van der Waals surface area contributed by atoms with E-state index in [2.05, 4.69) is 0 Å². The zero-order valence-corrected chi connectivity index (χ0v) is 19.4. The first-order valence-corrected chi connectivity index (χ1v) is 11.4. The van der Waals surface area contributed by atoms with Crippen LogP contribution in [0.25, 0.3) is 43.2 Å². The van der Waals surface area contributed by atoms with Crippen LogP contribution in [0.4, 0.5) is 0 Å². The number of methoxy groups -OCH3 is 1. The highest BCUT2D eigenvalue weighted by Gasteiger charge is 2.24. The Hall–Kier alpha value is -3.61. The van der Waals surface area contributed by atoms with Gasteiger partial charge in [0.15, 0.2) is 0 Å². The second-order valence-corrected chi connectivity index (χ2v) is 8.97. The number of thiazole rings is 1. The summed E-state index contributed by atoms with van der Waals surface area (Å²) in [5.41, 5.74) is 2.93. The summed E-state index contributed by atoms with van der Waals surface area (Å²) < 4.78 is 6.84. The lowest BCUT2D eigenvalue weighted by Gasteiger charge is -2.12. The minimum absolute atomic E-state index is 0.0465. The Balaban J connectivity index is 1.81. The van der Waals surface area contributed by atoms with E-state index in [4.69, 9.17) is 21.3 Å². The molecule has 7 heteroatoms. The van der Waals surface area contributed by atoms with Gasteiger partial charge in [-0.25, -0.2) is 4.98 Å². The zero-order valence-electron chi connectivity index (χ0n) is 17.9. The van der Waals surface area contributed by atoms with Crippen LogP contribution in [0.3, 0.4) is 0 Å². The number of rotatable bonds is 4. The molecule has 0 bridgehead atoms. The van der Waals surface area contributed by atoms with Gasteiger partial charge in [-0.1, -0.05) is 35.9 Å². The highest BCUT2D eigenvalue weighted by atomic mass is 35.5. The summed E-state index contributed by atoms with van der Waals surface area (Å²) in [5, 5.41) is 13.2. The van der Waals surface area contributed by atoms with E-state index in [9.17, 15) is 9.90 Å². The Kier molecular flexibility index (Phi) is 5.40. The molecule has 0 radical (unpaired) electrons. The molecule has 5 aromatic rings. The summed E-state index contributed by atoms with van der Waals surface area (Å²) in [5.74, 6) is 0.674. The van der Waals surface area contributed by atoms with Crippen molar-refractivity contribution in [3.63, 3.8) is 0 Å². The van der Waals surface area contributed by atoms with Crippen LogP contribution in [0, 0.1) is 0 Å². The topological polar surface area (TPSA) is 64.3 Å². The number of hydrogen-bond donors (Lipinski definition) is 1. The molecular weight excluding hydrogens is 456 g/mol. The lowest BCUT2D eigenvalue weighted by molar-refractivity contribution is 0.415. The quantitative estimate of drug-likeness (QED) is 0.329. The van der Waals surface area contributed by atoms with Gasteiger partial charge in [-0.3, -0.25) is 4.79 Å². The van der Waals surface area contributed by atoms with Gasteiger partial charge in [0.25, 0.3) is 5.56 Å². The van der Waals surface area contributed by atoms with Crippen molar-refractivity contribution in [2.75, 3.05) is 7.11 Å². The van der Waals surface area contributed by atoms with Crippen molar-refractivity contribution in [1.29, 1.82) is 0 Å². The maximum absolute atomic E-state index is 13.4. The number of ether oxygens (including phenoxy) is 1. The Morgan fingerprint density at radius 2 is 1.64 bits per heavy atom. The summed E-state index contributed by atoms with van der Waals surface area (Å²) >= 11 is 7.43. The summed E-state index contributed by atoms with van der Waals surface area (Å²) in [7, 11) is 3.32. The number of halogens is 1. The van der Waals surface area contributed by atoms with E-state index in [0.29, 0.717) is 26.5 Å². The van der Waals surface area contributed by atoms with Crippen molar-refractivity contribution in [1.82, 2.24) is 9.55 Å². The van der Waals surface area contributed by atoms with Crippen molar-refractivity contribution < 1.29 is 9.84 Å². The number of pyridine rings is 1. The molecule has 5 nitrogen and oxygen atoms in total. The van der Waals surface area contributed by atoms with Gasteiger partial charge in [0, 0.05) is 28.6 Å². The fraction of sp³-hybridized carbons (Fsp3) is 0.0769. The molecule has 0 atom stereocenters. The average molecular weight is 475 g/mol. The van der Waals surface area contributed by atoms with E-state index in [1.807, 2.05) is 60.7 Å². The molecule has 0 saturated heterocycles. The van der Waals surface area contributed by atoms with Gasteiger partial charge in [0.05, 0.1) is 23.2 Å². The van der Waals surface area contributed by atoms with Crippen LogP contribution < -0.4 is 10.3 Å². The molecule has 5 rings (SSSR count).